The Labute approximate surface area is 105 Å². The molecule has 1 atom stereocenters. The van der Waals surface area contributed by atoms with Crippen LogP contribution in [0.3, 0.4) is 0 Å². The summed E-state index contributed by atoms with van der Waals surface area (Å²) in [6, 6.07) is 0. The van der Waals surface area contributed by atoms with Gasteiger partial charge < -0.3 is 4.74 Å². The summed E-state index contributed by atoms with van der Waals surface area (Å²) < 4.78 is 5.37. The summed E-state index contributed by atoms with van der Waals surface area (Å²) in [6.07, 6.45) is 4.12. The molecule has 0 aromatic carbocycles. The van der Waals surface area contributed by atoms with Gasteiger partial charge in [-0.1, -0.05) is 19.6 Å². The van der Waals surface area contributed by atoms with Crippen LogP contribution >= 0.6 is 0 Å². The van der Waals surface area contributed by atoms with Crippen LogP contribution in [0.1, 0.15) is 26.2 Å². The number of ketones is 1. The van der Waals surface area contributed by atoms with Crippen molar-refractivity contribution in [1.82, 2.24) is 0 Å². The van der Waals surface area contributed by atoms with Crippen LogP contribution in [-0.2, 0) is 9.53 Å². The second-order valence-corrected chi connectivity index (χ2v) is 10.2. The van der Waals surface area contributed by atoms with Gasteiger partial charge in [0.05, 0.1) is 12.4 Å². The summed E-state index contributed by atoms with van der Waals surface area (Å²) in [7, 11) is -1.30. The molecule has 0 saturated carbocycles. The SMILES string of the molecule is CCOC1=CC(=O)C(CC#C[Si](C)(C)C)CC1. The minimum atomic E-state index is -1.30. The maximum atomic E-state index is 11.8. The highest BCUT2D eigenvalue weighted by molar-refractivity contribution is 6.83. The van der Waals surface area contributed by atoms with Gasteiger partial charge >= 0.3 is 0 Å². The van der Waals surface area contributed by atoms with Crippen molar-refractivity contribution < 1.29 is 9.53 Å². The van der Waals surface area contributed by atoms with E-state index in [2.05, 4.69) is 31.1 Å². The van der Waals surface area contributed by atoms with Crippen LogP contribution in [0.2, 0.25) is 19.6 Å². The molecule has 0 N–H and O–H groups in total. The highest BCUT2D eigenvalue weighted by Crippen LogP contribution is 2.23. The standard InChI is InChI=1S/C14H22O2Si/c1-5-16-13-9-8-12(14(15)11-13)7-6-10-17(2,3)4/h11-12H,5,7-9H2,1-4H3. The minimum absolute atomic E-state index is 0.0862. The maximum Gasteiger partial charge on any atom is 0.163 e. The Bertz CT molecular complexity index is 366. The molecule has 0 amide bonds. The highest BCUT2D eigenvalue weighted by Gasteiger charge is 2.22. The van der Waals surface area contributed by atoms with Gasteiger partial charge in [0.15, 0.2) is 5.78 Å². The summed E-state index contributed by atoms with van der Waals surface area (Å²) in [4.78, 5) is 11.8. The fraction of sp³-hybridized carbons (Fsp3) is 0.643. The molecule has 1 rings (SSSR count). The quantitative estimate of drug-likeness (QED) is 0.568. The van der Waals surface area contributed by atoms with E-state index in [0.29, 0.717) is 13.0 Å². The number of carbonyl (C=O) groups is 1. The molecule has 1 unspecified atom stereocenters. The molecule has 0 radical (unpaired) electrons. The van der Waals surface area contributed by atoms with Gasteiger partial charge in [0.1, 0.15) is 8.07 Å². The molecule has 2 nitrogen and oxygen atoms in total. The lowest BCUT2D eigenvalue weighted by atomic mass is 9.90. The van der Waals surface area contributed by atoms with E-state index in [1.165, 1.54) is 0 Å². The topological polar surface area (TPSA) is 26.3 Å². The molecular formula is C14H22O2Si. The zero-order valence-electron chi connectivity index (χ0n) is 11.3. The molecule has 0 spiro atoms. The van der Waals surface area contributed by atoms with Crippen molar-refractivity contribution in [1.29, 1.82) is 0 Å². The Hall–Kier alpha value is -1.01. The fourth-order valence-electron chi connectivity index (χ4n) is 1.75. The number of hydrogen-bond acceptors (Lipinski definition) is 2. The van der Waals surface area contributed by atoms with Crippen molar-refractivity contribution in [3.05, 3.63) is 11.8 Å². The van der Waals surface area contributed by atoms with Crippen molar-refractivity contribution in [3.63, 3.8) is 0 Å². The molecule has 0 aliphatic heterocycles. The van der Waals surface area contributed by atoms with Crippen LogP contribution in [0.4, 0.5) is 0 Å². The third-order valence-corrected chi connectivity index (χ3v) is 3.51. The number of hydrogen-bond donors (Lipinski definition) is 0. The van der Waals surface area contributed by atoms with Crippen LogP contribution in [-0.4, -0.2) is 20.5 Å². The van der Waals surface area contributed by atoms with Crippen molar-refractivity contribution in [2.75, 3.05) is 6.61 Å². The van der Waals surface area contributed by atoms with Crippen LogP contribution in [0.5, 0.6) is 0 Å². The van der Waals surface area contributed by atoms with Crippen LogP contribution in [0.15, 0.2) is 11.8 Å². The summed E-state index contributed by atoms with van der Waals surface area (Å²) in [6.45, 7) is 9.23. The summed E-state index contributed by atoms with van der Waals surface area (Å²) in [5.41, 5.74) is 3.31. The first kappa shape index (κ1) is 14.0. The first-order chi connectivity index (χ1) is 7.92. The Morgan fingerprint density at radius 3 is 2.71 bits per heavy atom. The molecule has 94 valence electrons. The van der Waals surface area contributed by atoms with Crippen molar-refractivity contribution in [2.45, 2.75) is 45.8 Å². The zero-order valence-corrected chi connectivity index (χ0v) is 12.3. The van der Waals surface area contributed by atoms with Gasteiger partial charge in [-0.25, -0.2) is 0 Å². The van der Waals surface area contributed by atoms with Gasteiger partial charge in [0.25, 0.3) is 0 Å². The molecular weight excluding hydrogens is 228 g/mol. The molecule has 3 heteroatoms. The maximum absolute atomic E-state index is 11.8. The molecule has 17 heavy (non-hydrogen) atoms. The van der Waals surface area contributed by atoms with E-state index in [1.807, 2.05) is 6.92 Å². The minimum Gasteiger partial charge on any atom is -0.498 e. The lowest BCUT2D eigenvalue weighted by Gasteiger charge is -2.19. The molecule has 0 fully saturated rings. The highest BCUT2D eigenvalue weighted by atomic mass is 28.3. The van der Waals surface area contributed by atoms with Crippen LogP contribution < -0.4 is 0 Å². The van der Waals surface area contributed by atoms with Gasteiger partial charge in [0, 0.05) is 24.8 Å². The van der Waals surface area contributed by atoms with E-state index >= 15 is 0 Å². The van der Waals surface area contributed by atoms with Gasteiger partial charge in [-0.05, 0) is 13.3 Å². The smallest absolute Gasteiger partial charge is 0.163 e. The van der Waals surface area contributed by atoms with Crippen molar-refractivity contribution in [3.8, 4) is 11.5 Å². The van der Waals surface area contributed by atoms with Crippen molar-refractivity contribution in [2.24, 2.45) is 5.92 Å². The molecule has 0 heterocycles. The van der Waals surface area contributed by atoms with E-state index in [4.69, 9.17) is 4.74 Å². The summed E-state index contributed by atoms with van der Waals surface area (Å²) in [5, 5.41) is 0. The average molecular weight is 250 g/mol. The van der Waals surface area contributed by atoms with Gasteiger partial charge in [-0.2, -0.15) is 0 Å². The monoisotopic (exact) mass is 250 g/mol. The van der Waals surface area contributed by atoms with E-state index in [-0.39, 0.29) is 11.7 Å². The van der Waals surface area contributed by atoms with Crippen LogP contribution in [0.25, 0.3) is 0 Å². The number of allylic oxidation sites excluding steroid dienone is 2. The van der Waals surface area contributed by atoms with Gasteiger partial charge in [-0.15, -0.1) is 11.5 Å². The molecule has 1 aliphatic rings. The normalized spacial score (nSPS) is 20.4. The Kier molecular flexibility index (Phi) is 5.01. The van der Waals surface area contributed by atoms with Gasteiger partial charge in [-0.3, -0.25) is 4.79 Å². The van der Waals surface area contributed by atoms with Gasteiger partial charge in [0.2, 0.25) is 0 Å². The lowest BCUT2D eigenvalue weighted by Crippen LogP contribution is -2.19. The molecule has 0 aromatic rings. The third-order valence-electron chi connectivity index (χ3n) is 2.59. The lowest BCUT2D eigenvalue weighted by molar-refractivity contribution is -0.119. The predicted octanol–water partition coefficient (Wildman–Crippen LogP) is 3.16. The van der Waals surface area contributed by atoms with Crippen LogP contribution in [0, 0.1) is 17.4 Å². The number of ether oxygens (including phenoxy) is 1. The van der Waals surface area contributed by atoms with E-state index in [0.717, 1.165) is 18.6 Å². The van der Waals surface area contributed by atoms with Crippen molar-refractivity contribution >= 4 is 13.9 Å². The summed E-state index contributed by atoms with van der Waals surface area (Å²) in [5.74, 6) is 4.30. The first-order valence-electron chi connectivity index (χ1n) is 6.29. The Morgan fingerprint density at radius 1 is 1.47 bits per heavy atom. The average Bonchev–Trinajstić information content (AvgIpc) is 2.20. The molecule has 0 saturated heterocycles. The number of carbonyl (C=O) groups excluding carboxylic acids is 1. The van der Waals surface area contributed by atoms with E-state index in [9.17, 15) is 4.79 Å². The summed E-state index contributed by atoms with van der Waals surface area (Å²) >= 11 is 0. The Balaban J connectivity index is 2.53. The number of rotatable bonds is 3. The van der Waals surface area contributed by atoms with E-state index in [1.54, 1.807) is 6.08 Å². The zero-order chi connectivity index (χ0) is 12.9. The second-order valence-electron chi connectivity index (χ2n) is 5.44. The molecule has 0 aromatic heterocycles. The second kappa shape index (κ2) is 6.06. The molecule has 0 bridgehead atoms. The fourth-order valence-corrected chi connectivity index (χ4v) is 2.38. The first-order valence-corrected chi connectivity index (χ1v) is 9.79. The largest absolute Gasteiger partial charge is 0.498 e. The van der Waals surface area contributed by atoms with E-state index < -0.39 is 8.07 Å². The predicted molar refractivity (Wildman–Crippen MR) is 73.2 cm³/mol. The molecule has 1 aliphatic carbocycles. The Morgan fingerprint density at radius 2 is 2.18 bits per heavy atom. The third kappa shape index (κ3) is 5.23.